The highest BCUT2D eigenvalue weighted by Crippen LogP contribution is 2.23. The van der Waals surface area contributed by atoms with Crippen molar-refractivity contribution in [3.63, 3.8) is 0 Å². The van der Waals surface area contributed by atoms with Crippen LogP contribution in [0.2, 0.25) is 0 Å². The summed E-state index contributed by atoms with van der Waals surface area (Å²) < 4.78 is 62.8. The summed E-state index contributed by atoms with van der Waals surface area (Å²) in [6, 6.07) is 5.99. The van der Waals surface area contributed by atoms with Crippen molar-refractivity contribution in [2.75, 3.05) is 0 Å². The number of nitrogens with zero attached hydrogens (tertiary/aromatic N) is 2. The zero-order valence-corrected chi connectivity index (χ0v) is 17.2. The van der Waals surface area contributed by atoms with Gasteiger partial charge >= 0.3 is 0 Å². The molecule has 1 heterocycles. The highest BCUT2D eigenvalue weighted by Gasteiger charge is 2.27. The average Bonchev–Trinajstić information content (AvgIpc) is 3.00. The normalized spacial score (nSPS) is 12.9. The number of rotatable bonds is 7. The van der Waals surface area contributed by atoms with E-state index in [0.29, 0.717) is 12.2 Å². The third-order valence-electron chi connectivity index (χ3n) is 3.84. The van der Waals surface area contributed by atoms with E-state index in [9.17, 15) is 16.8 Å². The zero-order valence-electron chi connectivity index (χ0n) is 15.6. The van der Waals surface area contributed by atoms with Crippen LogP contribution in [-0.2, 0) is 26.8 Å². The van der Waals surface area contributed by atoms with Gasteiger partial charge in [0.1, 0.15) is 11.1 Å². The minimum Gasteiger partial charge on any atom is -0.334 e. The Morgan fingerprint density at radius 3 is 2.11 bits per heavy atom. The number of hydrogen-bond acceptors (Lipinski definition) is 5. The van der Waals surface area contributed by atoms with E-state index in [-0.39, 0.29) is 4.90 Å². The Balaban J connectivity index is 0.000000289. The molecule has 1 aromatic carbocycles. The molecule has 2 rings (SSSR count). The summed E-state index contributed by atoms with van der Waals surface area (Å²) in [5.74, 6) is 0.429. The molecule has 8 nitrogen and oxygen atoms in total. The summed E-state index contributed by atoms with van der Waals surface area (Å²) >= 11 is 0. The molecule has 0 saturated heterocycles. The van der Waals surface area contributed by atoms with Crippen LogP contribution < -0.4 is 0 Å². The van der Waals surface area contributed by atoms with Crippen LogP contribution in [0.5, 0.6) is 0 Å². The van der Waals surface area contributed by atoms with Gasteiger partial charge in [-0.25, -0.2) is 4.98 Å². The number of aromatic nitrogens is 2. The van der Waals surface area contributed by atoms with E-state index in [1.807, 2.05) is 6.92 Å². The van der Waals surface area contributed by atoms with Crippen molar-refractivity contribution < 1.29 is 25.9 Å². The molecule has 0 amide bonds. The Hall–Kier alpha value is -1.75. The molecule has 10 heteroatoms. The molecule has 0 aliphatic heterocycles. The van der Waals surface area contributed by atoms with Crippen LogP contribution >= 0.6 is 0 Å². The van der Waals surface area contributed by atoms with Crippen LogP contribution in [0.25, 0.3) is 0 Å². The van der Waals surface area contributed by atoms with Gasteiger partial charge in [-0.05, 0) is 31.9 Å². The maximum absolute atomic E-state index is 11.2. The molecular formula is C17H26N2O6S2. The molecule has 0 radical (unpaired) electrons. The van der Waals surface area contributed by atoms with Crippen molar-refractivity contribution in [2.24, 2.45) is 0 Å². The third-order valence-corrected chi connectivity index (χ3v) is 5.97. The van der Waals surface area contributed by atoms with Crippen LogP contribution in [0.1, 0.15) is 49.7 Å². The Bertz CT molecular complexity index is 919. The van der Waals surface area contributed by atoms with E-state index in [4.69, 9.17) is 9.11 Å². The maximum atomic E-state index is 11.2. The van der Waals surface area contributed by atoms with Crippen LogP contribution in [-0.4, -0.2) is 35.5 Å². The fourth-order valence-corrected chi connectivity index (χ4v) is 3.73. The van der Waals surface area contributed by atoms with Crippen molar-refractivity contribution in [2.45, 2.75) is 56.7 Å². The second-order valence-electron chi connectivity index (χ2n) is 6.03. The van der Waals surface area contributed by atoms with Gasteiger partial charge in [-0.2, -0.15) is 16.8 Å². The molecule has 2 N–H and O–H groups in total. The largest absolute Gasteiger partial charge is 0.334 e. The van der Waals surface area contributed by atoms with Gasteiger partial charge in [0.2, 0.25) is 0 Å². The summed E-state index contributed by atoms with van der Waals surface area (Å²) in [4.78, 5) is 3.96. The smallest absolute Gasteiger partial charge is 0.294 e. The van der Waals surface area contributed by atoms with Crippen molar-refractivity contribution in [3.05, 3.63) is 48.0 Å². The van der Waals surface area contributed by atoms with E-state index >= 15 is 0 Å². The summed E-state index contributed by atoms with van der Waals surface area (Å²) in [6.45, 7) is 6.36. The second-order valence-corrected chi connectivity index (χ2v) is 9.05. The van der Waals surface area contributed by atoms with Gasteiger partial charge in [0, 0.05) is 18.9 Å². The molecule has 0 aliphatic rings. The number of unbranched alkanes of at least 4 members (excludes halogenated alkanes) is 1. The Morgan fingerprint density at radius 2 is 1.67 bits per heavy atom. The van der Waals surface area contributed by atoms with Crippen molar-refractivity contribution in [1.82, 2.24) is 9.55 Å². The first-order chi connectivity index (χ1) is 12.5. The average molecular weight is 419 g/mol. The maximum Gasteiger partial charge on any atom is 0.294 e. The van der Waals surface area contributed by atoms with E-state index in [2.05, 4.69) is 11.9 Å². The van der Waals surface area contributed by atoms with Gasteiger partial charge in [0.05, 0.1) is 4.90 Å². The highest BCUT2D eigenvalue weighted by molar-refractivity contribution is 7.86. The summed E-state index contributed by atoms with van der Waals surface area (Å²) in [6.07, 6.45) is 5.63. The van der Waals surface area contributed by atoms with E-state index in [1.54, 1.807) is 36.0 Å². The molecule has 0 aliphatic carbocycles. The van der Waals surface area contributed by atoms with Gasteiger partial charge < -0.3 is 4.57 Å². The predicted octanol–water partition coefficient (Wildman–Crippen LogP) is 3.26. The van der Waals surface area contributed by atoms with Crippen LogP contribution in [0.4, 0.5) is 0 Å². The predicted molar refractivity (Wildman–Crippen MR) is 103 cm³/mol. The van der Waals surface area contributed by atoms with Gasteiger partial charge in [-0.1, -0.05) is 38.0 Å². The highest BCUT2D eigenvalue weighted by atomic mass is 32.2. The Kier molecular flexibility index (Phi) is 8.60. The minimum atomic E-state index is -4.07. The zero-order chi connectivity index (χ0) is 20.7. The first kappa shape index (κ1) is 23.3. The number of benzene rings is 1. The lowest BCUT2D eigenvalue weighted by Gasteiger charge is -2.13. The molecule has 0 spiro atoms. The van der Waals surface area contributed by atoms with Crippen LogP contribution in [0.15, 0.2) is 41.6 Å². The summed E-state index contributed by atoms with van der Waals surface area (Å²) in [5, 5.41) is -0.917. The standard InChI is InChI=1S/C10H18N2O3S.C7H8O3S/c1-3-5-7-12-8-6-11-10(12)9(4-2)16(13,14)15;1-6-2-4-7(5-3-6)11(8,9)10/h6,8-9H,3-5,7H2,1-2H3,(H,13,14,15);2-5H,1H3,(H,8,9,10). The number of aryl methyl sites for hydroxylation is 2. The Morgan fingerprint density at radius 1 is 1.07 bits per heavy atom. The van der Waals surface area contributed by atoms with Crippen molar-refractivity contribution >= 4 is 20.2 Å². The summed E-state index contributed by atoms with van der Waals surface area (Å²) in [5.41, 5.74) is 0.956. The van der Waals surface area contributed by atoms with Crippen molar-refractivity contribution in [1.29, 1.82) is 0 Å². The molecule has 0 bridgehead atoms. The lowest BCUT2D eigenvalue weighted by molar-refractivity contribution is 0.458. The Labute approximate surface area is 160 Å². The summed E-state index contributed by atoms with van der Waals surface area (Å²) in [7, 11) is -8.09. The van der Waals surface area contributed by atoms with Gasteiger partial charge in [0.15, 0.2) is 0 Å². The van der Waals surface area contributed by atoms with Gasteiger partial charge in [-0.3, -0.25) is 9.11 Å². The van der Waals surface area contributed by atoms with Crippen LogP contribution in [0.3, 0.4) is 0 Å². The molecule has 152 valence electrons. The van der Waals surface area contributed by atoms with E-state index in [1.165, 1.54) is 12.1 Å². The number of hydrogen-bond donors (Lipinski definition) is 2. The van der Waals surface area contributed by atoms with E-state index in [0.717, 1.165) is 24.9 Å². The second kappa shape index (κ2) is 9.98. The molecule has 1 unspecified atom stereocenters. The van der Waals surface area contributed by atoms with E-state index < -0.39 is 25.5 Å². The van der Waals surface area contributed by atoms with Gasteiger partial charge in [0.25, 0.3) is 20.2 Å². The molecule has 1 atom stereocenters. The minimum absolute atomic E-state index is 0.0666. The lowest BCUT2D eigenvalue weighted by Crippen LogP contribution is -2.16. The molecule has 27 heavy (non-hydrogen) atoms. The molecule has 0 saturated carbocycles. The lowest BCUT2D eigenvalue weighted by atomic mass is 10.2. The fraction of sp³-hybridized carbons (Fsp3) is 0.471. The molecule has 1 aromatic heterocycles. The number of imidazole rings is 1. The molecular weight excluding hydrogens is 392 g/mol. The van der Waals surface area contributed by atoms with Crippen molar-refractivity contribution in [3.8, 4) is 0 Å². The van der Waals surface area contributed by atoms with Crippen LogP contribution in [0, 0.1) is 6.92 Å². The molecule has 2 aromatic rings. The first-order valence-electron chi connectivity index (χ1n) is 8.52. The van der Waals surface area contributed by atoms with Gasteiger partial charge in [-0.15, -0.1) is 0 Å². The quantitative estimate of drug-likeness (QED) is 0.661. The monoisotopic (exact) mass is 418 g/mol. The third kappa shape index (κ3) is 7.41. The molecule has 0 fully saturated rings. The first-order valence-corrected chi connectivity index (χ1v) is 11.5. The topological polar surface area (TPSA) is 127 Å². The SMILES string of the molecule is CCCCn1ccnc1C(CC)S(=O)(=O)O.Cc1ccc(S(=O)(=O)O)cc1. The fourth-order valence-electron chi connectivity index (χ4n) is 2.36.